The maximum atomic E-state index is 11.5. The van der Waals surface area contributed by atoms with Gasteiger partial charge in [-0.05, 0) is 30.2 Å². The molecule has 144 valence electrons. The maximum absolute atomic E-state index is 11.5. The summed E-state index contributed by atoms with van der Waals surface area (Å²) in [6.07, 6.45) is 1.78. The fourth-order valence-corrected chi connectivity index (χ4v) is 3.62. The van der Waals surface area contributed by atoms with Crippen LogP contribution in [-0.4, -0.2) is 40.8 Å². The third-order valence-electron chi connectivity index (χ3n) is 4.17. The Balaban J connectivity index is 1.88. The summed E-state index contributed by atoms with van der Waals surface area (Å²) in [5, 5.41) is 6.67. The van der Waals surface area contributed by atoms with Crippen molar-refractivity contribution in [2.75, 3.05) is 31.2 Å². The van der Waals surface area contributed by atoms with E-state index in [1.54, 1.807) is 13.2 Å². The molecule has 0 radical (unpaired) electrons. The molecule has 2 aromatic rings. The van der Waals surface area contributed by atoms with E-state index in [0.717, 1.165) is 42.2 Å². The lowest BCUT2D eigenvalue weighted by Crippen LogP contribution is -2.37. The van der Waals surface area contributed by atoms with Crippen LogP contribution in [0.15, 0.2) is 53.5 Å². The quantitative estimate of drug-likeness (QED) is 0.674. The summed E-state index contributed by atoms with van der Waals surface area (Å²) in [6, 6.07) is 15.2. The molecule has 0 saturated heterocycles. The van der Waals surface area contributed by atoms with Gasteiger partial charge in [0.1, 0.15) is 5.75 Å². The van der Waals surface area contributed by atoms with Crippen LogP contribution < -0.4 is 20.1 Å². The number of methoxy groups -OCH3 is 1. The summed E-state index contributed by atoms with van der Waals surface area (Å²) in [5.74, 6) is 1.55. The molecule has 8 heteroatoms. The molecule has 0 aromatic heterocycles. The second kappa shape index (κ2) is 8.30. The molecule has 0 amide bonds. The topological polar surface area (TPSA) is 91.8 Å². The summed E-state index contributed by atoms with van der Waals surface area (Å²) in [7, 11) is -1.67. The number of nitrogens with zero attached hydrogens (tertiary/aromatic N) is 1. The number of rotatable bonds is 7. The van der Waals surface area contributed by atoms with Crippen molar-refractivity contribution in [3.8, 4) is 5.75 Å². The van der Waals surface area contributed by atoms with Gasteiger partial charge >= 0.3 is 0 Å². The molecule has 1 heterocycles. The second-order valence-corrected chi connectivity index (χ2v) is 8.12. The predicted molar refractivity (Wildman–Crippen MR) is 108 cm³/mol. The Labute approximate surface area is 159 Å². The minimum atomic E-state index is -3.32. The van der Waals surface area contributed by atoms with Crippen molar-refractivity contribution < 1.29 is 13.2 Å². The number of anilines is 1. The van der Waals surface area contributed by atoms with Crippen LogP contribution in [0.1, 0.15) is 17.2 Å². The van der Waals surface area contributed by atoms with E-state index in [4.69, 9.17) is 4.74 Å². The summed E-state index contributed by atoms with van der Waals surface area (Å²) in [6.45, 7) is 1.56. The lowest BCUT2D eigenvalue weighted by Gasteiger charge is -2.22. The summed E-state index contributed by atoms with van der Waals surface area (Å²) in [4.78, 5) is 4.43. The first-order valence-corrected chi connectivity index (χ1v) is 10.6. The first-order chi connectivity index (χ1) is 12.9. The second-order valence-electron chi connectivity index (χ2n) is 6.37. The van der Waals surface area contributed by atoms with Gasteiger partial charge in [-0.1, -0.05) is 30.3 Å². The first kappa shape index (κ1) is 19.0. The van der Waals surface area contributed by atoms with E-state index in [1.807, 2.05) is 42.5 Å². The molecule has 0 fully saturated rings. The summed E-state index contributed by atoms with van der Waals surface area (Å²) in [5.41, 5.74) is 2.55. The van der Waals surface area contributed by atoms with Crippen molar-refractivity contribution >= 4 is 21.7 Å². The number of aliphatic imine (C=N–C) groups is 1. The van der Waals surface area contributed by atoms with Crippen LogP contribution in [0.25, 0.3) is 0 Å². The number of hydrogen-bond donors (Lipinski definition) is 3. The van der Waals surface area contributed by atoms with Gasteiger partial charge in [0.25, 0.3) is 0 Å². The van der Waals surface area contributed by atoms with Crippen LogP contribution >= 0.6 is 0 Å². The Bertz CT molecular complexity index is 928. The third-order valence-corrected chi connectivity index (χ3v) is 4.78. The lowest BCUT2D eigenvalue weighted by molar-refractivity contribution is 0.403. The van der Waals surface area contributed by atoms with Crippen LogP contribution in [-0.2, 0) is 16.4 Å². The molecule has 0 spiro atoms. The van der Waals surface area contributed by atoms with E-state index < -0.39 is 10.0 Å². The lowest BCUT2D eigenvalue weighted by atomic mass is 9.97. The molecule has 0 saturated carbocycles. The van der Waals surface area contributed by atoms with Gasteiger partial charge < -0.3 is 15.4 Å². The van der Waals surface area contributed by atoms with Gasteiger partial charge in [-0.3, -0.25) is 9.71 Å². The van der Waals surface area contributed by atoms with Gasteiger partial charge in [-0.15, -0.1) is 0 Å². The smallest absolute Gasteiger partial charge is 0.229 e. The van der Waals surface area contributed by atoms with Crippen LogP contribution in [0.4, 0.5) is 5.69 Å². The molecule has 3 N–H and O–H groups in total. The highest BCUT2D eigenvalue weighted by atomic mass is 32.2. The zero-order valence-electron chi connectivity index (χ0n) is 15.4. The molecular weight excluding hydrogens is 364 g/mol. The zero-order chi connectivity index (χ0) is 19.3. The fraction of sp³-hybridized carbons (Fsp3) is 0.316. The van der Waals surface area contributed by atoms with Gasteiger partial charge in [0.2, 0.25) is 10.0 Å². The van der Waals surface area contributed by atoms with Crippen LogP contribution in [0.3, 0.4) is 0 Å². The number of benzene rings is 2. The van der Waals surface area contributed by atoms with E-state index in [1.165, 1.54) is 0 Å². The summed E-state index contributed by atoms with van der Waals surface area (Å²) >= 11 is 0. The van der Waals surface area contributed by atoms with Gasteiger partial charge in [0.15, 0.2) is 5.96 Å². The molecule has 1 unspecified atom stereocenters. The molecule has 3 rings (SSSR count). The van der Waals surface area contributed by atoms with Crippen LogP contribution in [0, 0.1) is 0 Å². The molecule has 0 bridgehead atoms. The van der Waals surface area contributed by atoms with E-state index in [9.17, 15) is 8.42 Å². The van der Waals surface area contributed by atoms with Crippen molar-refractivity contribution in [1.29, 1.82) is 0 Å². The highest BCUT2D eigenvalue weighted by Crippen LogP contribution is 2.28. The van der Waals surface area contributed by atoms with E-state index >= 15 is 0 Å². The highest BCUT2D eigenvalue weighted by Gasteiger charge is 2.19. The van der Waals surface area contributed by atoms with Crippen molar-refractivity contribution in [1.82, 2.24) is 10.6 Å². The minimum absolute atomic E-state index is 0.0843. The van der Waals surface area contributed by atoms with Crippen molar-refractivity contribution in [3.63, 3.8) is 0 Å². The molecule has 1 aliphatic heterocycles. The van der Waals surface area contributed by atoms with Gasteiger partial charge in [0.05, 0.1) is 26.0 Å². The molecule has 2 aromatic carbocycles. The van der Waals surface area contributed by atoms with Crippen molar-refractivity contribution in [2.45, 2.75) is 12.5 Å². The van der Waals surface area contributed by atoms with Gasteiger partial charge in [-0.25, -0.2) is 8.42 Å². The number of sulfonamides is 1. The zero-order valence-corrected chi connectivity index (χ0v) is 16.2. The fourth-order valence-electron chi connectivity index (χ4n) is 3.06. The number of para-hydroxylation sites is 1. The molecule has 0 aliphatic carbocycles. The van der Waals surface area contributed by atoms with Gasteiger partial charge in [0, 0.05) is 17.8 Å². The Hall–Kier alpha value is -2.74. The van der Waals surface area contributed by atoms with Crippen molar-refractivity contribution in [2.24, 2.45) is 4.99 Å². The van der Waals surface area contributed by atoms with Crippen molar-refractivity contribution in [3.05, 3.63) is 59.7 Å². The first-order valence-electron chi connectivity index (χ1n) is 8.69. The summed E-state index contributed by atoms with van der Waals surface area (Å²) < 4.78 is 31.1. The Morgan fingerprint density at radius 3 is 2.74 bits per heavy atom. The Morgan fingerprint density at radius 1 is 1.22 bits per heavy atom. The van der Waals surface area contributed by atoms with Gasteiger partial charge in [-0.2, -0.15) is 0 Å². The third kappa shape index (κ3) is 5.37. The van der Waals surface area contributed by atoms with E-state index in [2.05, 4.69) is 20.3 Å². The van der Waals surface area contributed by atoms with Crippen LogP contribution in [0.2, 0.25) is 0 Å². The van der Waals surface area contributed by atoms with E-state index in [0.29, 0.717) is 12.1 Å². The SMILES string of the molecule is COc1ccccc1C(Cc1cccc(NS(C)(=O)=O)c1)NC1=NCCN1. The average Bonchev–Trinajstić information content (AvgIpc) is 3.13. The maximum Gasteiger partial charge on any atom is 0.229 e. The molecule has 7 nitrogen and oxygen atoms in total. The highest BCUT2D eigenvalue weighted by molar-refractivity contribution is 7.92. The number of ether oxygens (including phenoxy) is 1. The number of nitrogens with one attached hydrogen (secondary N) is 3. The number of hydrogen-bond acceptors (Lipinski definition) is 6. The largest absolute Gasteiger partial charge is 0.496 e. The average molecular weight is 388 g/mol. The Morgan fingerprint density at radius 2 is 2.04 bits per heavy atom. The normalized spacial score (nSPS) is 14.8. The predicted octanol–water partition coefficient (Wildman–Crippen LogP) is 1.90. The van der Waals surface area contributed by atoms with E-state index in [-0.39, 0.29) is 6.04 Å². The monoisotopic (exact) mass is 388 g/mol. The number of guanidine groups is 1. The molecule has 1 atom stereocenters. The minimum Gasteiger partial charge on any atom is -0.496 e. The Kier molecular flexibility index (Phi) is 5.85. The molecule has 27 heavy (non-hydrogen) atoms. The molecule has 1 aliphatic rings. The molecular formula is C19H24N4O3S. The van der Waals surface area contributed by atoms with Crippen LogP contribution in [0.5, 0.6) is 5.75 Å². The standard InChI is InChI=1S/C19H24N4O3S/c1-26-18-9-4-3-8-16(18)17(22-19-20-10-11-21-19)13-14-6-5-7-15(12-14)23-27(2,24)25/h3-9,12,17,23H,10-11,13H2,1-2H3,(H2,20,21,22).